The van der Waals surface area contributed by atoms with E-state index in [9.17, 15) is 4.79 Å². The summed E-state index contributed by atoms with van der Waals surface area (Å²) in [5.74, 6) is 1.52. The average Bonchev–Trinajstić information content (AvgIpc) is 2.70. The van der Waals surface area contributed by atoms with Crippen LogP contribution in [0.15, 0.2) is 24.3 Å². The molecule has 0 spiro atoms. The Hall–Kier alpha value is -1.55. The highest BCUT2D eigenvalue weighted by Gasteiger charge is 2.27. The molecule has 4 nitrogen and oxygen atoms in total. The van der Waals surface area contributed by atoms with Gasteiger partial charge in [-0.3, -0.25) is 4.79 Å². The number of hydrogen-bond acceptors (Lipinski definition) is 4. The van der Waals surface area contributed by atoms with Gasteiger partial charge < -0.3 is 14.6 Å². The topological polar surface area (TPSA) is 55.8 Å². The van der Waals surface area contributed by atoms with Gasteiger partial charge in [0.15, 0.2) is 0 Å². The molecule has 1 saturated carbocycles. The van der Waals surface area contributed by atoms with E-state index in [-0.39, 0.29) is 11.9 Å². The summed E-state index contributed by atoms with van der Waals surface area (Å²) in [6.45, 7) is 1.08. The van der Waals surface area contributed by atoms with Gasteiger partial charge in [0.1, 0.15) is 5.75 Å². The average molecular weight is 363 g/mol. The molecule has 0 amide bonds. The zero-order chi connectivity index (χ0) is 18.6. The van der Waals surface area contributed by atoms with Crippen LogP contribution in [0, 0.1) is 5.92 Å². The summed E-state index contributed by atoms with van der Waals surface area (Å²) in [5.41, 5.74) is 1.35. The van der Waals surface area contributed by atoms with Gasteiger partial charge in [0.2, 0.25) is 0 Å². The molecule has 1 aromatic carbocycles. The standard InChI is InChI=1S/C22H34O4/c1-25-22(24)20-10-8-18(9-11-20)19-12-14-21(15-13-19)26-17-7-5-3-2-4-6-16-23/h12-15,18,20,23H,2-11,16-17H2,1H3/t18-,20-. The van der Waals surface area contributed by atoms with Crippen molar-refractivity contribution in [2.75, 3.05) is 20.3 Å². The summed E-state index contributed by atoms with van der Waals surface area (Å²) in [5, 5.41) is 8.74. The van der Waals surface area contributed by atoms with Crippen LogP contribution in [-0.4, -0.2) is 31.4 Å². The molecule has 0 atom stereocenters. The minimum atomic E-state index is -0.0550. The molecule has 2 rings (SSSR count). The van der Waals surface area contributed by atoms with Crippen LogP contribution in [0.25, 0.3) is 0 Å². The summed E-state index contributed by atoms with van der Waals surface area (Å²) in [6, 6.07) is 8.49. The maximum absolute atomic E-state index is 11.6. The van der Waals surface area contributed by atoms with E-state index in [1.54, 1.807) is 0 Å². The number of unbranched alkanes of at least 4 members (excludes halogenated alkanes) is 5. The highest BCUT2D eigenvalue weighted by Crippen LogP contribution is 2.36. The lowest BCUT2D eigenvalue weighted by atomic mass is 9.79. The van der Waals surface area contributed by atoms with Crippen LogP contribution < -0.4 is 4.74 Å². The summed E-state index contributed by atoms with van der Waals surface area (Å²) in [4.78, 5) is 11.6. The van der Waals surface area contributed by atoms with Gasteiger partial charge in [0.25, 0.3) is 0 Å². The molecule has 1 aliphatic carbocycles. The predicted molar refractivity (Wildman–Crippen MR) is 103 cm³/mol. The van der Waals surface area contributed by atoms with Crippen molar-refractivity contribution in [2.45, 2.75) is 70.1 Å². The maximum atomic E-state index is 11.6. The van der Waals surface area contributed by atoms with Crippen molar-refractivity contribution in [1.29, 1.82) is 0 Å². The van der Waals surface area contributed by atoms with Crippen LogP contribution in [0.5, 0.6) is 5.75 Å². The molecule has 0 saturated heterocycles. The molecular formula is C22H34O4. The molecule has 0 heterocycles. The van der Waals surface area contributed by atoms with Crippen LogP contribution in [0.2, 0.25) is 0 Å². The van der Waals surface area contributed by atoms with Crippen LogP contribution in [0.3, 0.4) is 0 Å². The lowest BCUT2D eigenvalue weighted by Crippen LogP contribution is -2.22. The van der Waals surface area contributed by atoms with Crippen LogP contribution in [0.1, 0.15) is 75.7 Å². The number of hydrogen-bond donors (Lipinski definition) is 1. The SMILES string of the molecule is COC(=O)[C@H]1CC[C@H](c2ccc(OCCCCCCCCO)cc2)CC1. The molecule has 1 N–H and O–H groups in total. The van der Waals surface area contributed by atoms with E-state index in [0.29, 0.717) is 12.5 Å². The Morgan fingerprint density at radius 1 is 0.962 bits per heavy atom. The number of aliphatic hydroxyl groups is 1. The van der Waals surface area contributed by atoms with E-state index in [1.165, 1.54) is 31.9 Å². The van der Waals surface area contributed by atoms with Crippen molar-refractivity contribution in [3.8, 4) is 5.75 Å². The zero-order valence-electron chi connectivity index (χ0n) is 16.1. The predicted octanol–water partition coefficient (Wildman–Crippen LogP) is 4.85. The fraction of sp³-hybridized carbons (Fsp3) is 0.682. The third kappa shape index (κ3) is 6.99. The fourth-order valence-electron chi connectivity index (χ4n) is 3.78. The van der Waals surface area contributed by atoms with E-state index in [4.69, 9.17) is 14.6 Å². The number of benzene rings is 1. The van der Waals surface area contributed by atoms with Gasteiger partial charge >= 0.3 is 5.97 Å². The van der Waals surface area contributed by atoms with Crippen molar-refractivity contribution in [1.82, 2.24) is 0 Å². The van der Waals surface area contributed by atoms with Gasteiger partial charge in [-0.2, -0.15) is 0 Å². The normalized spacial score (nSPS) is 19.9. The third-order valence-corrected chi connectivity index (χ3v) is 5.43. The van der Waals surface area contributed by atoms with E-state index in [2.05, 4.69) is 24.3 Å². The van der Waals surface area contributed by atoms with E-state index < -0.39 is 0 Å². The smallest absolute Gasteiger partial charge is 0.308 e. The molecular weight excluding hydrogens is 328 g/mol. The largest absolute Gasteiger partial charge is 0.494 e. The first-order chi connectivity index (χ1) is 12.7. The quantitative estimate of drug-likeness (QED) is 0.452. The zero-order valence-corrected chi connectivity index (χ0v) is 16.1. The Balaban J connectivity index is 1.63. The number of ether oxygens (including phenoxy) is 2. The second-order valence-corrected chi connectivity index (χ2v) is 7.33. The molecule has 1 aliphatic rings. The first-order valence-electron chi connectivity index (χ1n) is 10.2. The van der Waals surface area contributed by atoms with Gasteiger partial charge in [0.05, 0.1) is 19.6 Å². The van der Waals surface area contributed by atoms with Crippen LogP contribution in [-0.2, 0) is 9.53 Å². The number of carbonyl (C=O) groups excluding carboxylic acids is 1. The Morgan fingerprint density at radius 3 is 2.19 bits per heavy atom. The highest BCUT2D eigenvalue weighted by molar-refractivity contribution is 5.72. The first-order valence-corrected chi connectivity index (χ1v) is 10.2. The highest BCUT2D eigenvalue weighted by atomic mass is 16.5. The Labute approximate surface area is 157 Å². The second kappa shape index (κ2) is 11.9. The molecule has 0 aliphatic heterocycles. The van der Waals surface area contributed by atoms with Gasteiger partial charge in [-0.25, -0.2) is 0 Å². The molecule has 146 valence electrons. The summed E-state index contributed by atoms with van der Waals surface area (Å²) < 4.78 is 10.7. The number of carbonyl (C=O) groups is 1. The molecule has 26 heavy (non-hydrogen) atoms. The molecule has 1 aromatic rings. The fourth-order valence-corrected chi connectivity index (χ4v) is 3.78. The number of aliphatic hydroxyl groups excluding tert-OH is 1. The molecule has 0 radical (unpaired) electrons. The number of methoxy groups -OCH3 is 1. The minimum Gasteiger partial charge on any atom is -0.494 e. The monoisotopic (exact) mass is 362 g/mol. The van der Waals surface area contributed by atoms with Crippen molar-refractivity contribution in [2.24, 2.45) is 5.92 Å². The number of rotatable bonds is 11. The van der Waals surface area contributed by atoms with Crippen molar-refractivity contribution >= 4 is 5.97 Å². The lowest BCUT2D eigenvalue weighted by Gasteiger charge is -2.27. The summed E-state index contributed by atoms with van der Waals surface area (Å²) in [6.07, 6.45) is 10.7. The summed E-state index contributed by atoms with van der Waals surface area (Å²) >= 11 is 0. The van der Waals surface area contributed by atoms with E-state index in [1.807, 2.05) is 0 Å². The van der Waals surface area contributed by atoms with E-state index >= 15 is 0 Å². The Morgan fingerprint density at radius 2 is 1.58 bits per heavy atom. The van der Waals surface area contributed by atoms with Crippen molar-refractivity contribution < 1.29 is 19.4 Å². The molecule has 4 heteroatoms. The first kappa shape index (κ1) is 20.8. The second-order valence-electron chi connectivity index (χ2n) is 7.33. The Bertz CT molecular complexity index is 503. The summed E-state index contributed by atoms with van der Waals surface area (Å²) in [7, 11) is 1.48. The maximum Gasteiger partial charge on any atom is 0.308 e. The minimum absolute atomic E-state index is 0.0550. The van der Waals surface area contributed by atoms with Gasteiger partial charge in [0, 0.05) is 6.61 Å². The van der Waals surface area contributed by atoms with Crippen LogP contribution >= 0.6 is 0 Å². The van der Waals surface area contributed by atoms with E-state index in [0.717, 1.165) is 57.3 Å². The van der Waals surface area contributed by atoms with Gasteiger partial charge in [-0.1, -0.05) is 37.8 Å². The molecule has 0 bridgehead atoms. The Kier molecular flexibility index (Phi) is 9.54. The third-order valence-electron chi connectivity index (χ3n) is 5.43. The van der Waals surface area contributed by atoms with Crippen molar-refractivity contribution in [3.63, 3.8) is 0 Å². The van der Waals surface area contributed by atoms with Gasteiger partial charge in [-0.15, -0.1) is 0 Å². The van der Waals surface area contributed by atoms with Gasteiger partial charge in [-0.05, 0) is 62.1 Å². The molecule has 1 fully saturated rings. The molecule has 0 unspecified atom stereocenters. The van der Waals surface area contributed by atoms with Crippen molar-refractivity contribution in [3.05, 3.63) is 29.8 Å². The lowest BCUT2D eigenvalue weighted by molar-refractivity contribution is -0.146. The van der Waals surface area contributed by atoms with Crippen LogP contribution in [0.4, 0.5) is 0 Å². The number of esters is 1. The molecule has 0 aromatic heterocycles.